The Morgan fingerprint density at radius 3 is 2.67 bits per heavy atom. The van der Waals surface area contributed by atoms with Crippen molar-refractivity contribution in [3.05, 3.63) is 46.3 Å². The Balaban J connectivity index is 1.89. The standard InChI is InChI=1S/C13H12F3N5O3/c14-13(15,16)9-4-1-2-5-10(9)18-11(22)6-3-7-20-8-17-12(19-20)21(23)24/h1-2,4-5,8H,3,6-7H2,(H,18,22). The lowest BCUT2D eigenvalue weighted by atomic mass is 10.1. The van der Waals surface area contributed by atoms with Crippen molar-refractivity contribution in [3.63, 3.8) is 0 Å². The summed E-state index contributed by atoms with van der Waals surface area (Å²) < 4.78 is 39.6. The summed E-state index contributed by atoms with van der Waals surface area (Å²) in [6.07, 6.45) is -3.25. The van der Waals surface area contributed by atoms with Gasteiger partial charge in [0.2, 0.25) is 12.2 Å². The summed E-state index contributed by atoms with van der Waals surface area (Å²) in [7, 11) is 0. The van der Waals surface area contributed by atoms with Gasteiger partial charge in [-0.05, 0) is 23.5 Å². The molecule has 0 radical (unpaired) electrons. The largest absolute Gasteiger partial charge is 0.490 e. The second kappa shape index (κ2) is 7.06. The lowest BCUT2D eigenvalue weighted by Crippen LogP contribution is -2.16. The van der Waals surface area contributed by atoms with E-state index in [-0.39, 0.29) is 25.1 Å². The molecule has 0 saturated heterocycles. The Bertz CT molecular complexity index is 744. The molecule has 0 saturated carbocycles. The zero-order valence-electron chi connectivity index (χ0n) is 12.2. The fourth-order valence-corrected chi connectivity index (χ4v) is 1.93. The van der Waals surface area contributed by atoms with Gasteiger partial charge in [-0.25, -0.2) is 0 Å². The van der Waals surface area contributed by atoms with Crippen LogP contribution in [0.15, 0.2) is 30.6 Å². The number of aromatic nitrogens is 3. The summed E-state index contributed by atoms with van der Waals surface area (Å²) in [5.74, 6) is -1.15. The van der Waals surface area contributed by atoms with Crippen LogP contribution in [0.1, 0.15) is 18.4 Å². The highest BCUT2D eigenvalue weighted by Crippen LogP contribution is 2.34. The molecule has 0 aliphatic rings. The number of carbonyl (C=O) groups excluding carboxylic acids is 1. The van der Waals surface area contributed by atoms with E-state index in [4.69, 9.17) is 0 Å². The fraction of sp³-hybridized carbons (Fsp3) is 0.308. The summed E-state index contributed by atoms with van der Waals surface area (Å²) in [6, 6.07) is 4.67. The number of nitrogens with zero attached hydrogens (tertiary/aromatic N) is 4. The number of anilines is 1. The number of carbonyl (C=O) groups is 1. The summed E-state index contributed by atoms with van der Waals surface area (Å²) in [4.78, 5) is 24.9. The van der Waals surface area contributed by atoms with Crippen LogP contribution in [0.5, 0.6) is 0 Å². The van der Waals surface area contributed by atoms with Crippen LogP contribution >= 0.6 is 0 Å². The average molecular weight is 343 g/mol. The van der Waals surface area contributed by atoms with Crippen LogP contribution in [0.3, 0.4) is 0 Å². The smallest absolute Gasteiger partial charge is 0.390 e. The monoisotopic (exact) mass is 343 g/mol. The van der Waals surface area contributed by atoms with Gasteiger partial charge in [0.15, 0.2) is 0 Å². The van der Waals surface area contributed by atoms with E-state index in [2.05, 4.69) is 15.4 Å². The van der Waals surface area contributed by atoms with Crippen LogP contribution in [0.25, 0.3) is 0 Å². The van der Waals surface area contributed by atoms with Crippen LogP contribution in [0, 0.1) is 10.1 Å². The Morgan fingerprint density at radius 2 is 2.04 bits per heavy atom. The van der Waals surface area contributed by atoms with Crippen molar-refractivity contribution < 1.29 is 22.9 Å². The number of nitro groups is 1. The average Bonchev–Trinajstić information content (AvgIpc) is 2.96. The molecule has 1 N–H and O–H groups in total. The molecule has 1 aromatic heterocycles. The normalized spacial score (nSPS) is 11.3. The van der Waals surface area contributed by atoms with Gasteiger partial charge in [-0.2, -0.15) is 17.9 Å². The van der Waals surface area contributed by atoms with Crippen molar-refractivity contribution in [1.29, 1.82) is 0 Å². The van der Waals surface area contributed by atoms with Gasteiger partial charge in [0.05, 0.1) is 17.8 Å². The molecule has 0 bridgehead atoms. The van der Waals surface area contributed by atoms with Crippen LogP contribution in [-0.2, 0) is 17.5 Å². The summed E-state index contributed by atoms with van der Waals surface area (Å²) >= 11 is 0. The fourth-order valence-electron chi connectivity index (χ4n) is 1.93. The number of amides is 1. The number of benzene rings is 1. The van der Waals surface area contributed by atoms with E-state index in [1.54, 1.807) is 0 Å². The van der Waals surface area contributed by atoms with Crippen molar-refractivity contribution in [2.45, 2.75) is 25.6 Å². The topological polar surface area (TPSA) is 103 Å². The molecule has 0 aliphatic heterocycles. The van der Waals surface area contributed by atoms with Crippen molar-refractivity contribution in [1.82, 2.24) is 14.8 Å². The third kappa shape index (κ3) is 4.51. The number of nitrogens with one attached hydrogen (secondary N) is 1. The van der Waals surface area contributed by atoms with Crippen molar-refractivity contribution in [3.8, 4) is 0 Å². The first-order valence-corrected chi connectivity index (χ1v) is 6.77. The molecule has 1 heterocycles. The summed E-state index contributed by atoms with van der Waals surface area (Å²) in [5.41, 5.74) is -1.24. The number of alkyl halides is 3. The zero-order valence-corrected chi connectivity index (χ0v) is 12.2. The highest BCUT2D eigenvalue weighted by atomic mass is 19.4. The van der Waals surface area contributed by atoms with E-state index >= 15 is 0 Å². The Labute approximate surface area is 133 Å². The maximum absolute atomic E-state index is 12.8. The SMILES string of the molecule is O=C(CCCn1cnc([N+](=O)[O-])n1)Nc1ccccc1C(F)(F)F. The molecule has 1 aromatic carbocycles. The first kappa shape index (κ1) is 17.4. The molecule has 8 nitrogen and oxygen atoms in total. The minimum Gasteiger partial charge on any atom is -0.390 e. The number of aryl methyl sites for hydroxylation is 1. The van der Waals surface area contributed by atoms with Crippen LogP contribution in [-0.4, -0.2) is 25.6 Å². The van der Waals surface area contributed by atoms with Gasteiger partial charge in [0, 0.05) is 11.5 Å². The molecule has 2 aromatic rings. The lowest BCUT2D eigenvalue weighted by molar-refractivity contribution is -0.394. The Kier molecular flexibility index (Phi) is 5.11. The number of hydrogen-bond acceptors (Lipinski definition) is 5. The zero-order chi connectivity index (χ0) is 17.7. The van der Waals surface area contributed by atoms with Gasteiger partial charge in [-0.1, -0.05) is 17.1 Å². The third-order valence-corrected chi connectivity index (χ3v) is 2.99. The van der Waals surface area contributed by atoms with E-state index in [0.717, 1.165) is 12.4 Å². The molecular formula is C13H12F3N5O3. The lowest BCUT2D eigenvalue weighted by Gasteiger charge is -2.13. The molecule has 0 spiro atoms. The summed E-state index contributed by atoms with van der Waals surface area (Å²) in [6.45, 7) is 0.176. The Morgan fingerprint density at radius 1 is 1.33 bits per heavy atom. The molecule has 0 fully saturated rings. The van der Waals surface area contributed by atoms with E-state index in [1.807, 2.05) is 0 Å². The third-order valence-electron chi connectivity index (χ3n) is 2.99. The van der Waals surface area contributed by atoms with Gasteiger partial charge in [0.25, 0.3) is 0 Å². The highest BCUT2D eigenvalue weighted by Gasteiger charge is 2.33. The molecule has 0 atom stereocenters. The first-order valence-electron chi connectivity index (χ1n) is 6.77. The van der Waals surface area contributed by atoms with Gasteiger partial charge < -0.3 is 15.4 Å². The molecule has 1 amide bonds. The van der Waals surface area contributed by atoms with Crippen molar-refractivity contribution >= 4 is 17.5 Å². The predicted molar refractivity (Wildman–Crippen MR) is 76.0 cm³/mol. The Hall–Kier alpha value is -2.98. The number of rotatable bonds is 6. The molecule has 0 aliphatic carbocycles. The van der Waals surface area contributed by atoms with E-state index in [1.165, 1.54) is 22.9 Å². The second-order valence-corrected chi connectivity index (χ2v) is 4.76. The second-order valence-electron chi connectivity index (χ2n) is 4.76. The summed E-state index contributed by atoms with van der Waals surface area (Å²) in [5, 5.41) is 16.2. The molecular weight excluding hydrogens is 331 g/mol. The molecule has 0 unspecified atom stereocenters. The van der Waals surface area contributed by atoms with Crippen LogP contribution < -0.4 is 5.32 Å². The van der Waals surface area contributed by atoms with Crippen molar-refractivity contribution in [2.75, 3.05) is 5.32 Å². The molecule has 24 heavy (non-hydrogen) atoms. The minimum atomic E-state index is -4.57. The van der Waals surface area contributed by atoms with Gasteiger partial charge in [0.1, 0.15) is 0 Å². The van der Waals surface area contributed by atoms with E-state index in [0.29, 0.717) is 0 Å². The van der Waals surface area contributed by atoms with E-state index < -0.39 is 28.5 Å². The maximum atomic E-state index is 12.8. The molecule has 2 rings (SSSR count). The van der Waals surface area contributed by atoms with Crippen molar-refractivity contribution in [2.24, 2.45) is 0 Å². The van der Waals surface area contributed by atoms with E-state index in [9.17, 15) is 28.1 Å². The van der Waals surface area contributed by atoms with Gasteiger partial charge in [-0.3, -0.25) is 4.79 Å². The number of halogens is 3. The van der Waals surface area contributed by atoms with Gasteiger partial charge in [-0.15, -0.1) is 0 Å². The van der Waals surface area contributed by atoms with Gasteiger partial charge >= 0.3 is 12.1 Å². The number of para-hydroxylation sites is 1. The minimum absolute atomic E-state index is 0.0696. The highest BCUT2D eigenvalue weighted by molar-refractivity contribution is 5.91. The molecule has 128 valence electrons. The van der Waals surface area contributed by atoms with Crippen LogP contribution in [0.2, 0.25) is 0 Å². The maximum Gasteiger partial charge on any atom is 0.490 e. The first-order chi connectivity index (χ1) is 11.3. The quantitative estimate of drug-likeness (QED) is 0.641. The van der Waals surface area contributed by atoms with Crippen LogP contribution in [0.4, 0.5) is 24.8 Å². The molecule has 11 heteroatoms. The predicted octanol–water partition coefficient (Wildman–Crippen LogP) is 2.62. The number of hydrogen-bond donors (Lipinski definition) is 1.